The number of anilines is 1. The number of hydrogen-bond acceptors (Lipinski definition) is 11. The third kappa shape index (κ3) is 13.2. The molecule has 4 heterocycles. The number of β-amino-alcohol motifs (C(OH)–C–C–N with tert-alkyl or cyclic N) is 1. The first-order valence-corrected chi connectivity index (χ1v) is 25.5. The Morgan fingerprint density at radius 1 is 0.958 bits per heavy atom. The Hall–Kier alpha value is -6.27. The van der Waals surface area contributed by atoms with Crippen molar-refractivity contribution in [3.8, 4) is 10.4 Å². The van der Waals surface area contributed by atoms with Gasteiger partial charge in [-0.05, 0) is 84.7 Å². The smallest absolute Gasteiger partial charge is 0.246 e. The van der Waals surface area contributed by atoms with Crippen LogP contribution in [0.2, 0.25) is 0 Å². The van der Waals surface area contributed by atoms with Crippen LogP contribution < -0.4 is 32.3 Å². The van der Waals surface area contributed by atoms with Gasteiger partial charge in [-0.1, -0.05) is 99.7 Å². The van der Waals surface area contributed by atoms with E-state index in [0.29, 0.717) is 32.1 Å². The third-order valence-corrected chi connectivity index (χ3v) is 14.6. The summed E-state index contributed by atoms with van der Waals surface area (Å²) in [5.41, 5.74) is 20.4. The monoisotopic (exact) mass is 988 g/mol. The second-order valence-electron chi connectivity index (χ2n) is 20.1. The van der Waals surface area contributed by atoms with Crippen molar-refractivity contribution < 1.29 is 38.6 Å². The van der Waals surface area contributed by atoms with E-state index in [2.05, 4.69) is 20.9 Å². The van der Waals surface area contributed by atoms with Crippen LogP contribution in [0, 0.1) is 12.3 Å². The summed E-state index contributed by atoms with van der Waals surface area (Å²) in [5.74, 6) is -2.15. The predicted molar refractivity (Wildman–Crippen MR) is 273 cm³/mol. The molecule has 0 radical (unpaired) electrons. The zero-order chi connectivity index (χ0) is 51.0. The SMILES string of the molecule is Cc1ncsc1-c1ccc(CNC(=O)[C@@H]2C[C@@H](O)CN2C(=O)C(NC(=O)CCC/C=C/c2ccc(CO[C@H](C)[C@H](CCC(N)=O)NC(=O)[C@@H]3Cc4cccc5c4N3C(=O)[C@@H](N)CC5)cc2)C(C)(C)C)cc1. The molecule has 71 heavy (non-hydrogen) atoms. The number of primary amides is 1. The van der Waals surface area contributed by atoms with Crippen molar-refractivity contribution in [2.75, 3.05) is 11.4 Å². The van der Waals surface area contributed by atoms with E-state index in [4.69, 9.17) is 16.2 Å². The van der Waals surface area contributed by atoms with E-state index in [9.17, 15) is 33.9 Å². The van der Waals surface area contributed by atoms with Gasteiger partial charge in [0.1, 0.15) is 18.1 Å². The van der Waals surface area contributed by atoms with Crippen LogP contribution in [0.25, 0.3) is 16.5 Å². The molecule has 1 aromatic heterocycles. The fourth-order valence-corrected chi connectivity index (χ4v) is 10.4. The summed E-state index contributed by atoms with van der Waals surface area (Å²) in [6.07, 6.45) is 5.87. The summed E-state index contributed by atoms with van der Waals surface area (Å²) in [6.45, 7) is 9.89. The summed E-state index contributed by atoms with van der Waals surface area (Å²) >= 11 is 1.57. The van der Waals surface area contributed by atoms with Crippen molar-refractivity contribution in [2.24, 2.45) is 16.9 Å². The number of likely N-dealkylation sites (tertiary alicyclic amines) is 1. The van der Waals surface area contributed by atoms with Gasteiger partial charge in [-0.2, -0.15) is 0 Å². The van der Waals surface area contributed by atoms with Gasteiger partial charge in [0, 0.05) is 38.8 Å². The number of ether oxygens (including phenoxy) is 1. The van der Waals surface area contributed by atoms with Crippen LogP contribution in [0.3, 0.4) is 0 Å². The Balaban J connectivity index is 0.859. The number of carbonyl (C=O) groups is 6. The van der Waals surface area contributed by atoms with Crippen molar-refractivity contribution in [3.05, 3.63) is 112 Å². The quantitative estimate of drug-likeness (QED) is 0.0648. The van der Waals surface area contributed by atoms with Gasteiger partial charge in [-0.15, -0.1) is 11.3 Å². The molecule has 1 unspecified atom stereocenters. The number of para-hydroxylation sites is 1. The van der Waals surface area contributed by atoms with Crippen LogP contribution in [0.15, 0.2) is 78.3 Å². The van der Waals surface area contributed by atoms with Gasteiger partial charge < -0.3 is 42.2 Å². The number of aliphatic hydroxyl groups excluding tert-OH is 1. The number of benzene rings is 3. The number of rotatable bonds is 20. The van der Waals surface area contributed by atoms with E-state index in [0.717, 1.165) is 49.6 Å². The van der Waals surface area contributed by atoms with Crippen molar-refractivity contribution in [3.63, 3.8) is 0 Å². The highest BCUT2D eigenvalue weighted by Crippen LogP contribution is 2.39. The molecule has 16 nitrogen and oxygen atoms in total. The molecule has 8 N–H and O–H groups in total. The number of nitrogens with one attached hydrogen (secondary N) is 3. The summed E-state index contributed by atoms with van der Waals surface area (Å²) in [4.78, 5) is 88.4. The maximum absolute atomic E-state index is 14.1. The Labute approximate surface area is 420 Å². The Morgan fingerprint density at radius 2 is 1.68 bits per heavy atom. The topological polar surface area (TPSA) is 239 Å². The fraction of sp³-hybridized carbons (Fsp3) is 0.463. The van der Waals surface area contributed by atoms with Gasteiger partial charge in [-0.25, -0.2) is 4.98 Å². The molecule has 17 heteroatoms. The molecule has 3 aromatic carbocycles. The maximum Gasteiger partial charge on any atom is 0.246 e. The molecule has 1 saturated heterocycles. The average Bonchev–Trinajstić information content (AvgIpc) is 4.06. The lowest BCUT2D eigenvalue weighted by Crippen LogP contribution is -2.57. The average molecular weight is 989 g/mol. The standard InChI is InChI=1S/C54H68N8O8S/c1-32-48(71-31-58-32)38-20-18-35(19-21-38)28-57-50(66)43-27-40(63)29-61(43)53(69)49(54(3,4)5)60-46(65)13-8-6-7-10-34-14-16-36(17-15-34)30-70-33(2)42(24-25-45(56)64)59-51(67)44-26-39-12-9-11-37-22-23-41(55)52(68)62(44)47(37)39/h7,9-12,14-21,31,33,40-44,49,63H,6,8,13,22-30,55H2,1-5H3,(H2,56,64)(H,57,66)(H,59,67)(H,60,65)/b10-7+/t33-,40-,41+,42+,43+,44+,49?/m1/s1. The van der Waals surface area contributed by atoms with Gasteiger partial charge in [0.2, 0.25) is 35.4 Å². The Kier molecular flexibility index (Phi) is 17.3. The highest BCUT2D eigenvalue weighted by Gasteiger charge is 2.45. The second kappa shape index (κ2) is 23.3. The van der Waals surface area contributed by atoms with Gasteiger partial charge >= 0.3 is 0 Å². The van der Waals surface area contributed by atoms with E-state index in [1.165, 1.54) is 4.90 Å². The van der Waals surface area contributed by atoms with Crippen molar-refractivity contribution in [1.29, 1.82) is 0 Å². The molecule has 1 fully saturated rings. The lowest BCUT2D eigenvalue weighted by molar-refractivity contribution is -0.144. The number of aryl methyl sites for hydroxylation is 2. The molecule has 7 rings (SSSR count). The number of hydrogen-bond donors (Lipinski definition) is 6. The van der Waals surface area contributed by atoms with Gasteiger partial charge in [-0.3, -0.25) is 33.7 Å². The number of thiazole rings is 1. The summed E-state index contributed by atoms with van der Waals surface area (Å²) in [5, 5.41) is 19.6. The van der Waals surface area contributed by atoms with Crippen LogP contribution in [0.4, 0.5) is 5.69 Å². The van der Waals surface area contributed by atoms with Crippen molar-refractivity contribution in [1.82, 2.24) is 25.8 Å². The maximum atomic E-state index is 14.1. The molecule has 4 aromatic rings. The molecule has 378 valence electrons. The van der Waals surface area contributed by atoms with Crippen molar-refractivity contribution in [2.45, 2.75) is 148 Å². The third-order valence-electron chi connectivity index (χ3n) is 13.6. The number of unbranched alkanes of at least 4 members (excludes halogenated alkanes) is 1. The highest BCUT2D eigenvalue weighted by atomic mass is 32.1. The Morgan fingerprint density at radius 3 is 2.37 bits per heavy atom. The molecule has 3 aliphatic rings. The van der Waals surface area contributed by atoms with E-state index < -0.39 is 59.6 Å². The molecule has 6 amide bonds. The molecule has 0 aliphatic carbocycles. The number of aliphatic hydroxyl groups is 1. The summed E-state index contributed by atoms with van der Waals surface area (Å²) in [6, 6.07) is 17.7. The van der Waals surface area contributed by atoms with Crippen LogP contribution in [0.5, 0.6) is 0 Å². The minimum atomic E-state index is -0.913. The lowest BCUT2D eigenvalue weighted by Gasteiger charge is -2.35. The van der Waals surface area contributed by atoms with Crippen LogP contribution >= 0.6 is 11.3 Å². The number of nitrogens with two attached hydrogens (primary N) is 2. The van der Waals surface area contributed by atoms with Gasteiger partial charge in [0.25, 0.3) is 0 Å². The summed E-state index contributed by atoms with van der Waals surface area (Å²) in [7, 11) is 0. The molecule has 3 aliphatic heterocycles. The first-order valence-electron chi connectivity index (χ1n) is 24.6. The molecule has 0 saturated carbocycles. The number of allylic oxidation sites excluding steroid dienone is 1. The first-order chi connectivity index (χ1) is 33.9. The highest BCUT2D eigenvalue weighted by molar-refractivity contribution is 7.13. The second-order valence-corrected chi connectivity index (χ2v) is 21.0. The van der Waals surface area contributed by atoms with E-state index in [1.54, 1.807) is 16.2 Å². The zero-order valence-corrected chi connectivity index (χ0v) is 42.1. The number of amides is 6. The van der Waals surface area contributed by atoms with Crippen LogP contribution in [-0.4, -0.2) is 99.4 Å². The largest absolute Gasteiger partial charge is 0.391 e. The normalized spacial score (nSPS) is 20.0. The molecule has 0 bridgehead atoms. The summed E-state index contributed by atoms with van der Waals surface area (Å²) < 4.78 is 6.24. The van der Waals surface area contributed by atoms with E-state index in [1.807, 2.05) is 119 Å². The zero-order valence-electron chi connectivity index (χ0n) is 41.3. The Bertz CT molecular complexity index is 2590. The minimum Gasteiger partial charge on any atom is -0.391 e. The minimum absolute atomic E-state index is 0.00364. The van der Waals surface area contributed by atoms with Gasteiger partial charge in [0.05, 0.1) is 52.7 Å². The van der Waals surface area contributed by atoms with E-state index in [-0.39, 0.29) is 69.0 Å². The van der Waals surface area contributed by atoms with Gasteiger partial charge in [0.15, 0.2) is 0 Å². The molecule has 7 atom stereocenters. The number of carbonyl (C=O) groups excluding carboxylic acids is 6. The number of nitrogens with zero attached hydrogens (tertiary/aromatic N) is 3. The van der Waals surface area contributed by atoms with Crippen LogP contribution in [-0.2, 0) is 59.5 Å². The molecule has 0 spiro atoms. The molecular formula is C54H68N8O8S. The predicted octanol–water partition coefficient (Wildman–Crippen LogP) is 5.00. The first kappa shape index (κ1) is 52.6. The number of aromatic nitrogens is 1. The van der Waals surface area contributed by atoms with Crippen molar-refractivity contribution >= 4 is 58.5 Å². The fourth-order valence-electron chi connectivity index (χ4n) is 9.55. The lowest BCUT2D eigenvalue weighted by atomic mass is 9.85. The van der Waals surface area contributed by atoms with Crippen LogP contribution in [0.1, 0.15) is 106 Å². The molecular weight excluding hydrogens is 921 g/mol. The van der Waals surface area contributed by atoms with E-state index >= 15 is 0 Å².